The summed E-state index contributed by atoms with van der Waals surface area (Å²) >= 11 is 1.25. The molecule has 2 rings (SSSR count). The number of carboxylic acid groups (broad SMARTS) is 1. The average molecular weight is 324 g/mol. The maximum atomic E-state index is 12.1. The molecule has 120 valence electrons. The summed E-state index contributed by atoms with van der Waals surface area (Å²) in [6, 6.07) is 0. The molecular formula is C15H20N2O4S. The van der Waals surface area contributed by atoms with E-state index < -0.39 is 11.4 Å². The maximum Gasteiger partial charge on any atom is 0.339 e. The Kier molecular flexibility index (Phi) is 4.28. The highest BCUT2D eigenvalue weighted by Gasteiger charge is 2.31. The van der Waals surface area contributed by atoms with Crippen molar-refractivity contribution in [3.63, 3.8) is 0 Å². The molecule has 0 bridgehead atoms. The van der Waals surface area contributed by atoms with Crippen LogP contribution in [0.25, 0.3) is 0 Å². The summed E-state index contributed by atoms with van der Waals surface area (Å²) in [4.78, 5) is 37.7. The quantitative estimate of drug-likeness (QED) is 0.874. The Labute approximate surface area is 133 Å². The van der Waals surface area contributed by atoms with E-state index >= 15 is 0 Å². The molecule has 0 aromatic carbocycles. The number of carbonyl (C=O) groups excluding carboxylic acids is 2. The average Bonchev–Trinajstić information content (AvgIpc) is 2.74. The van der Waals surface area contributed by atoms with Gasteiger partial charge in [-0.1, -0.05) is 20.8 Å². The van der Waals surface area contributed by atoms with Crippen LogP contribution in [-0.2, 0) is 22.6 Å². The van der Waals surface area contributed by atoms with Gasteiger partial charge < -0.3 is 15.3 Å². The first-order chi connectivity index (χ1) is 10.1. The van der Waals surface area contributed by atoms with Crippen molar-refractivity contribution in [2.45, 2.75) is 40.7 Å². The smallest absolute Gasteiger partial charge is 0.339 e. The first kappa shape index (κ1) is 16.5. The van der Waals surface area contributed by atoms with E-state index in [0.29, 0.717) is 24.5 Å². The third-order valence-electron chi connectivity index (χ3n) is 3.62. The summed E-state index contributed by atoms with van der Waals surface area (Å²) in [6.07, 6.45) is 0.498. The molecular weight excluding hydrogens is 304 g/mol. The maximum absolute atomic E-state index is 12.1. The Morgan fingerprint density at radius 1 is 1.27 bits per heavy atom. The van der Waals surface area contributed by atoms with Gasteiger partial charge in [0.15, 0.2) is 0 Å². The molecule has 1 aromatic rings. The van der Waals surface area contributed by atoms with Gasteiger partial charge in [-0.05, 0) is 12.0 Å². The fourth-order valence-electron chi connectivity index (χ4n) is 2.28. The lowest BCUT2D eigenvalue weighted by molar-refractivity contribution is -0.129. The van der Waals surface area contributed by atoms with Gasteiger partial charge in [0.1, 0.15) is 5.00 Å². The highest BCUT2D eigenvalue weighted by Crippen LogP contribution is 2.37. The van der Waals surface area contributed by atoms with Crippen molar-refractivity contribution >= 4 is 34.1 Å². The van der Waals surface area contributed by atoms with E-state index in [1.54, 1.807) is 25.7 Å². The van der Waals surface area contributed by atoms with E-state index in [2.05, 4.69) is 5.32 Å². The summed E-state index contributed by atoms with van der Waals surface area (Å²) in [5, 5.41) is 12.6. The minimum Gasteiger partial charge on any atom is -0.478 e. The molecule has 7 heteroatoms. The van der Waals surface area contributed by atoms with E-state index in [9.17, 15) is 19.5 Å². The molecule has 22 heavy (non-hydrogen) atoms. The number of anilines is 1. The summed E-state index contributed by atoms with van der Waals surface area (Å²) in [6.45, 7) is 7.72. The SMILES string of the molecule is CC(=O)N1CCc2c(sc(NC(=O)C(C)(C)C)c2C(=O)O)C1. The molecule has 1 aromatic heterocycles. The Bertz CT molecular complexity index is 643. The highest BCUT2D eigenvalue weighted by atomic mass is 32.1. The first-order valence-electron chi connectivity index (χ1n) is 7.06. The molecule has 0 atom stereocenters. The molecule has 0 spiro atoms. The van der Waals surface area contributed by atoms with E-state index in [1.807, 2.05) is 0 Å². The molecule has 0 radical (unpaired) electrons. The number of amides is 2. The Morgan fingerprint density at radius 3 is 2.41 bits per heavy atom. The molecule has 0 saturated heterocycles. The van der Waals surface area contributed by atoms with Gasteiger partial charge in [0.2, 0.25) is 11.8 Å². The largest absolute Gasteiger partial charge is 0.478 e. The molecule has 0 fully saturated rings. The molecule has 0 saturated carbocycles. The summed E-state index contributed by atoms with van der Waals surface area (Å²) < 4.78 is 0. The van der Waals surface area contributed by atoms with Crippen LogP contribution in [0, 0.1) is 5.41 Å². The van der Waals surface area contributed by atoms with Crippen LogP contribution in [0.1, 0.15) is 48.5 Å². The van der Waals surface area contributed by atoms with Gasteiger partial charge in [-0.25, -0.2) is 4.79 Å². The van der Waals surface area contributed by atoms with Gasteiger partial charge >= 0.3 is 5.97 Å². The lowest BCUT2D eigenvalue weighted by Gasteiger charge is -2.25. The van der Waals surface area contributed by atoms with Gasteiger partial charge in [0.05, 0.1) is 12.1 Å². The predicted octanol–water partition coefficient (Wildman–Crippen LogP) is 2.34. The lowest BCUT2D eigenvalue weighted by atomic mass is 9.95. The number of thiophene rings is 1. The zero-order valence-electron chi connectivity index (χ0n) is 13.1. The minimum absolute atomic E-state index is 0.0313. The number of carboxylic acids is 1. The summed E-state index contributed by atoms with van der Waals surface area (Å²) in [7, 11) is 0. The van der Waals surface area contributed by atoms with Crippen LogP contribution in [0.15, 0.2) is 0 Å². The van der Waals surface area contributed by atoms with E-state index in [1.165, 1.54) is 18.3 Å². The monoisotopic (exact) mass is 324 g/mol. The van der Waals surface area contributed by atoms with Gasteiger partial charge in [0, 0.05) is 23.8 Å². The summed E-state index contributed by atoms with van der Waals surface area (Å²) in [5.41, 5.74) is 0.297. The van der Waals surface area contributed by atoms with Crippen molar-refractivity contribution in [2.75, 3.05) is 11.9 Å². The van der Waals surface area contributed by atoms with Gasteiger partial charge in [-0.15, -0.1) is 11.3 Å². The van der Waals surface area contributed by atoms with Crippen LogP contribution in [0.4, 0.5) is 5.00 Å². The molecule has 0 aliphatic carbocycles. The zero-order valence-corrected chi connectivity index (χ0v) is 14.0. The molecule has 2 amide bonds. The minimum atomic E-state index is -1.04. The third kappa shape index (κ3) is 3.14. The second-order valence-corrected chi connectivity index (χ2v) is 7.51. The highest BCUT2D eigenvalue weighted by molar-refractivity contribution is 7.17. The van der Waals surface area contributed by atoms with Crippen molar-refractivity contribution < 1.29 is 19.5 Å². The fourth-order valence-corrected chi connectivity index (χ4v) is 3.53. The van der Waals surface area contributed by atoms with Crippen LogP contribution in [0.5, 0.6) is 0 Å². The zero-order chi connectivity index (χ0) is 16.7. The number of nitrogens with zero attached hydrogens (tertiary/aromatic N) is 1. The van der Waals surface area contributed by atoms with Crippen LogP contribution >= 0.6 is 11.3 Å². The first-order valence-corrected chi connectivity index (χ1v) is 7.87. The Balaban J connectivity index is 2.38. The second-order valence-electron chi connectivity index (χ2n) is 6.41. The van der Waals surface area contributed by atoms with Gasteiger partial charge in [-0.3, -0.25) is 9.59 Å². The van der Waals surface area contributed by atoms with Crippen LogP contribution in [-0.4, -0.2) is 34.3 Å². The predicted molar refractivity (Wildman–Crippen MR) is 84.2 cm³/mol. The molecule has 1 aliphatic rings. The summed E-state index contributed by atoms with van der Waals surface area (Å²) in [5.74, 6) is -1.30. The molecule has 2 N–H and O–H groups in total. The molecule has 0 unspecified atom stereocenters. The number of rotatable bonds is 2. The Morgan fingerprint density at radius 2 is 1.91 bits per heavy atom. The van der Waals surface area contributed by atoms with Crippen molar-refractivity contribution in [2.24, 2.45) is 5.41 Å². The van der Waals surface area contributed by atoms with E-state index in [4.69, 9.17) is 0 Å². The third-order valence-corrected chi connectivity index (χ3v) is 4.76. The molecule has 2 heterocycles. The number of hydrogen-bond acceptors (Lipinski definition) is 4. The standard InChI is InChI=1S/C15H20N2O4S/c1-8(18)17-6-5-9-10(7-17)22-12(11(9)13(19)20)16-14(21)15(2,3)4/h5-7H2,1-4H3,(H,16,21)(H,19,20). The molecule has 6 nitrogen and oxygen atoms in total. The molecule has 1 aliphatic heterocycles. The number of hydrogen-bond donors (Lipinski definition) is 2. The second kappa shape index (κ2) is 5.72. The fraction of sp³-hybridized carbons (Fsp3) is 0.533. The van der Waals surface area contributed by atoms with Gasteiger partial charge in [0.25, 0.3) is 0 Å². The topological polar surface area (TPSA) is 86.7 Å². The van der Waals surface area contributed by atoms with E-state index in [0.717, 1.165) is 10.4 Å². The number of carbonyl (C=O) groups is 3. The van der Waals surface area contributed by atoms with Crippen molar-refractivity contribution in [1.29, 1.82) is 0 Å². The van der Waals surface area contributed by atoms with Gasteiger partial charge in [-0.2, -0.15) is 0 Å². The Hall–Kier alpha value is -1.89. The van der Waals surface area contributed by atoms with Crippen LogP contribution in [0.3, 0.4) is 0 Å². The lowest BCUT2D eigenvalue weighted by Crippen LogP contribution is -2.33. The van der Waals surface area contributed by atoms with E-state index in [-0.39, 0.29) is 17.4 Å². The van der Waals surface area contributed by atoms with Crippen molar-refractivity contribution in [1.82, 2.24) is 4.90 Å². The number of fused-ring (bicyclic) bond motifs is 1. The number of nitrogens with one attached hydrogen (secondary N) is 1. The van der Waals surface area contributed by atoms with Crippen molar-refractivity contribution in [3.05, 3.63) is 16.0 Å². The van der Waals surface area contributed by atoms with Crippen LogP contribution in [0.2, 0.25) is 0 Å². The van der Waals surface area contributed by atoms with Crippen LogP contribution < -0.4 is 5.32 Å². The normalized spacial score (nSPS) is 14.5. The van der Waals surface area contributed by atoms with Crippen molar-refractivity contribution in [3.8, 4) is 0 Å². The number of aromatic carboxylic acids is 1.